The molecule has 0 amide bonds. The van der Waals surface area contributed by atoms with Gasteiger partial charge in [-0.1, -0.05) is 30.3 Å². The zero-order chi connectivity index (χ0) is 20.1. The van der Waals surface area contributed by atoms with Gasteiger partial charge in [-0.05, 0) is 29.8 Å². The maximum atomic E-state index is 12.6. The Morgan fingerprint density at radius 1 is 1.07 bits per heavy atom. The number of rotatable bonds is 8. The standard InChI is InChI=1S/C22H20N2O3S2/c1-26-16-7-9-17(10-8-16)27-11-12-28-14-19-23-21(25)20-18(13-29-22(20)24-19)15-5-3-2-4-6-15/h2-10,13H,11-12,14H2,1H3,(H,23,24,25). The van der Waals surface area contributed by atoms with Crippen LogP contribution < -0.4 is 15.0 Å². The van der Waals surface area contributed by atoms with Crippen LogP contribution in [0, 0.1) is 0 Å². The molecule has 0 bridgehead atoms. The number of thiophene rings is 1. The minimum Gasteiger partial charge on any atom is -0.497 e. The van der Waals surface area contributed by atoms with E-state index in [1.54, 1.807) is 18.9 Å². The topological polar surface area (TPSA) is 64.2 Å². The average Bonchev–Trinajstić information content (AvgIpc) is 3.19. The highest BCUT2D eigenvalue weighted by atomic mass is 32.2. The van der Waals surface area contributed by atoms with Gasteiger partial charge in [-0.25, -0.2) is 4.98 Å². The van der Waals surface area contributed by atoms with Crippen molar-refractivity contribution in [3.05, 3.63) is 76.2 Å². The number of aromatic nitrogens is 2. The van der Waals surface area contributed by atoms with E-state index in [4.69, 9.17) is 9.47 Å². The van der Waals surface area contributed by atoms with Crippen LogP contribution >= 0.6 is 23.1 Å². The van der Waals surface area contributed by atoms with E-state index in [-0.39, 0.29) is 5.56 Å². The van der Waals surface area contributed by atoms with Gasteiger partial charge in [0.15, 0.2) is 0 Å². The van der Waals surface area contributed by atoms with E-state index < -0.39 is 0 Å². The van der Waals surface area contributed by atoms with Crippen LogP contribution in [0.15, 0.2) is 64.8 Å². The van der Waals surface area contributed by atoms with E-state index >= 15 is 0 Å². The van der Waals surface area contributed by atoms with Gasteiger partial charge in [-0.3, -0.25) is 4.79 Å². The molecule has 0 unspecified atom stereocenters. The molecule has 29 heavy (non-hydrogen) atoms. The molecule has 1 N–H and O–H groups in total. The van der Waals surface area contributed by atoms with Crippen LogP contribution in [0.4, 0.5) is 0 Å². The molecule has 0 aliphatic rings. The summed E-state index contributed by atoms with van der Waals surface area (Å²) < 4.78 is 10.9. The number of methoxy groups -OCH3 is 1. The number of aromatic amines is 1. The van der Waals surface area contributed by atoms with Crippen molar-refractivity contribution < 1.29 is 9.47 Å². The molecule has 0 atom stereocenters. The predicted octanol–water partition coefficient (Wildman–Crippen LogP) is 4.97. The maximum Gasteiger partial charge on any atom is 0.260 e. The van der Waals surface area contributed by atoms with Gasteiger partial charge in [0.25, 0.3) is 5.56 Å². The third kappa shape index (κ3) is 4.63. The highest BCUT2D eigenvalue weighted by Crippen LogP contribution is 2.30. The second-order valence-corrected chi connectivity index (χ2v) is 8.25. The highest BCUT2D eigenvalue weighted by Gasteiger charge is 2.12. The first-order valence-corrected chi connectivity index (χ1v) is 11.2. The van der Waals surface area contributed by atoms with E-state index in [1.807, 2.05) is 60.0 Å². The first-order valence-electron chi connectivity index (χ1n) is 9.15. The first-order chi connectivity index (χ1) is 14.2. The molecule has 2 heterocycles. The monoisotopic (exact) mass is 424 g/mol. The molecular weight excluding hydrogens is 404 g/mol. The molecule has 0 fully saturated rings. The molecule has 0 radical (unpaired) electrons. The first kappa shape index (κ1) is 19.5. The van der Waals surface area contributed by atoms with Gasteiger partial charge < -0.3 is 14.5 Å². The Morgan fingerprint density at radius 3 is 2.59 bits per heavy atom. The second-order valence-electron chi connectivity index (χ2n) is 6.28. The molecule has 7 heteroatoms. The van der Waals surface area contributed by atoms with Crippen molar-refractivity contribution in [2.24, 2.45) is 0 Å². The molecule has 5 nitrogen and oxygen atoms in total. The van der Waals surface area contributed by atoms with Crippen LogP contribution in [-0.2, 0) is 5.75 Å². The Kier molecular flexibility index (Phi) is 6.17. The summed E-state index contributed by atoms with van der Waals surface area (Å²) in [5.74, 6) is 3.74. The number of nitrogens with zero attached hydrogens (tertiary/aromatic N) is 1. The molecule has 0 saturated carbocycles. The summed E-state index contributed by atoms with van der Waals surface area (Å²) in [6.45, 7) is 0.584. The molecule has 0 saturated heterocycles. The summed E-state index contributed by atoms with van der Waals surface area (Å²) in [6, 6.07) is 17.4. The Hall–Kier alpha value is -2.77. The smallest absolute Gasteiger partial charge is 0.260 e. The van der Waals surface area contributed by atoms with Crippen molar-refractivity contribution in [3.63, 3.8) is 0 Å². The quantitative estimate of drug-likeness (QED) is 0.405. The lowest BCUT2D eigenvalue weighted by Gasteiger charge is -2.07. The van der Waals surface area contributed by atoms with Crippen LogP contribution in [0.25, 0.3) is 21.3 Å². The lowest BCUT2D eigenvalue weighted by Crippen LogP contribution is -2.11. The Bertz CT molecular complexity index is 1140. The minimum atomic E-state index is -0.0832. The largest absolute Gasteiger partial charge is 0.497 e. The SMILES string of the molecule is COc1ccc(OCCSCc2nc3scc(-c4ccccc4)c3c(=O)[nH]2)cc1. The number of benzene rings is 2. The van der Waals surface area contributed by atoms with Crippen LogP contribution in [-0.4, -0.2) is 29.4 Å². The van der Waals surface area contributed by atoms with Crippen molar-refractivity contribution >= 4 is 33.3 Å². The van der Waals surface area contributed by atoms with Crippen molar-refractivity contribution in [3.8, 4) is 22.6 Å². The van der Waals surface area contributed by atoms with Gasteiger partial charge in [0.2, 0.25) is 0 Å². The van der Waals surface area contributed by atoms with Crippen molar-refractivity contribution in [1.29, 1.82) is 0 Å². The Morgan fingerprint density at radius 2 is 1.83 bits per heavy atom. The van der Waals surface area contributed by atoms with Gasteiger partial charge in [0, 0.05) is 16.7 Å². The number of fused-ring (bicyclic) bond motifs is 1. The number of thioether (sulfide) groups is 1. The van der Waals surface area contributed by atoms with Gasteiger partial charge in [0.05, 0.1) is 24.9 Å². The normalized spacial score (nSPS) is 10.9. The van der Waals surface area contributed by atoms with Gasteiger partial charge in [-0.15, -0.1) is 11.3 Å². The van der Waals surface area contributed by atoms with Crippen LogP contribution in [0.1, 0.15) is 5.82 Å². The fourth-order valence-electron chi connectivity index (χ4n) is 2.95. The number of hydrogen-bond donors (Lipinski definition) is 1. The summed E-state index contributed by atoms with van der Waals surface area (Å²) in [6.07, 6.45) is 0. The zero-order valence-electron chi connectivity index (χ0n) is 15.9. The summed E-state index contributed by atoms with van der Waals surface area (Å²) in [5.41, 5.74) is 1.88. The van der Waals surface area contributed by atoms with E-state index in [9.17, 15) is 4.79 Å². The Balaban J connectivity index is 1.36. The number of H-pyrrole nitrogens is 1. The summed E-state index contributed by atoms with van der Waals surface area (Å²) in [4.78, 5) is 21.0. The molecule has 148 valence electrons. The molecule has 2 aromatic heterocycles. The molecule has 0 spiro atoms. The third-order valence-corrected chi connectivity index (χ3v) is 6.18. The van der Waals surface area contributed by atoms with Crippen LogP contribution in [0.3, 0.4) is 0 Å². The van der Waals surface area contributed by atoms with E-state index in [0.717, 1.165) is 33.2 Å². The van der Waals surface area contributed by atoms with E-state index in [2.05, 4.69) is 9.97 Å². The molecule has 2 aromatic carbocycles. The summed E-state index contributed by atoms with van der Waals surface area (Å²) in [7, 11) is 1.64. The predicted molar refractivity (Wildman–Crippen MR) is 120 cm³/mol. The van der Waals surface area contributed by atoms with Crippen molar-refractivity contribution in [2.45, 2.75) is 5.75 Å². The van der Waals surface area contributed by atoms with Crippen molar-refractivity contribution in [1.82, 2.24) is 9.97 Å². The van der Waals surface area contributed by atoms with Gasteiger partial charge >= 0.3 is 0 Å². The van der Waals surface area contributed by atoms with Crippen molar-refractivity contribution in [2.75, 3.05) is 19.5 Å². The molecule has 4 aromatic rings. The summed E-state index contributed by atoms with van der Waals surface area (Å²) in [5, 5.41) is 2.67. The molecule has 4 rings (SSSR count). The third-order valence-electron chi connectivity index (χ3n) is 4.37. The highest BCUT2D eigenvalue weighted by molar-refractivity contribution is 7.98. The number of nitrogens with one attached hydrogen (secondary N) is 1. The number of hydrogen-bond acceptors (Lipinski definition) is 6. The minimum absolute atomic E-state index is 0.0832. The van der Waals surface area contributed by atoms with Gasteiger partial charge in [-0.2, -0.15) is 11.8 Å². The zero-order valence-corrected chi connectivity index (χ0v) is 17.5. The number of ether oxygens (including phenoxy) is 2. The van der Waals surface area contributed by atoms with Crippen LogP contribution in [0.2, 0.25) is 0 Å². The maximum absolute atomic E-state index is 12.6. The molecule has 0 aliphatic carbocycles. The van der Waals surface area contributed by atoms with Gasteiger partial charge in [0.1, 0.15) is 22.2 Å². The summed E-state index contributed by atoms with van der Waals surface area (Å²) >= 11 is 3.18. The fourth-order valence-corrected chi connectivity index (χ4v) is 4.59. The fraction of sp³-hybridized carbons (Fsp3) is 0.182. The Labute approximate surface area is 176 Å². The molecular formula is C22H20N2O3S2. The van der Waals surface area contributed by atoms with Crippen LogP contribution in [0.5, 0.6) is 11.5 Å². The second kappa shape index (κ2) is 9.15. The van der Waals surface area contributed by atoms with E-state index in [0.29, 0.717) is 23.6 Å². The lowest BCUT2D eigenvalue weighted by molar-refractivity contribution is 0.342. The lowest BCUT2D eigenvalue weighted by atomic mass is 10.1. The molecule has 0 aliphatic heterocycles. The average molecular weight is 425 g/mol. The van der Waals surface area contributed by atoms with E-state index in [1.165, 1.54) is 11.3 Å².